The van der Waals surface area contributed by atoms with Crippen LogP contribution in [-0.4, -0.2) is 19.7 Å². The highest BCUT2D eigenvalue weighted by molar-refractivity contribution is 7.71. The van der Waals surface area contributed by atoms with E-state index in [1.54, 1.807) is 12.4 Å². The number of furan rings is 1. The Hall–Kier alpha value is -2.21. The van der Waals surface area contributed by atoms with Gasteiger partial charge in [-0.3, -0.25) is 14.6 Å². The molecule has 5 nitrogen and oxygen atoms in total. The molecule has 6 heteroatoms. The normalized spacial score (nSPS) is 12.5. The van der Waals surface area contributed by atoms with Crippen LogP contribution in [0, 0.1) is 11.7 Å². The predicted octanol–water partition coefficient (Wildman–Crippen LogP) is 3.51. The third-order valence-corrected chi connectivity index (χ3v) is 3.47. The first-order valence-corrected chi connectivity index (χ1v) is 6.71. The summed E-state index contributed by atoms with van der Waals surface area (Å²) in [7, 11) is 0. The van der Waals surface area contributed by atoms with E-state index in [0.29, 0.717) is 4.77 Å². The van der Waals surface area contributed by atoms with E-state index in [0.717, 1.165) is 22.9 Å². The standard InChI is InChI=1S/C14H14N4OS/c1-9-5-6-12(19-9)10(2)18-13(16-17-14(18)20)11-4-3-7-15-8-11/h3-8,10H,1-2H3,(H,17,20). The van der Waals surface area contributed by atoms with Crippen molar-refractivity contribution < 1.29 is 4.42 Å². The number of nitrogens with one attached hydrogen (secondary N) is 1. The molecule has 0 saturated heterocycles. The van der Waals surface area contributed by atoms with Crippen LogP contribution in [0.2, 0.25) is 0 Å². The molecule has 1 N–H and O–H groups in total. The molecule has 0 aliphatic carbocycles. The Morgan fingerprint density at radius 3 is 2.85 bits per heavy atom. The van der Waals surface area contributed by atoms with E-state index >= 15 is 0 Å². The number of hydrogen-bond acceptors (Lipinski definition) is 4. The molecule has 3 rings (SSSR count). The molecule has 1 unspecified atom stereocenters. The maximum atomic E-state index is 5.69. The number of aromatic amines is 1. The van der Waals surface area contributed by atoms with Gasteiger partial charge >= 0.3 is 0 Å². The molecule has 3 aromatic rings. The van der Waals surface area contributed by atoms with E-state index in [9.17, 15) is 0 Å². The van der Waals surface area contributed by atoms with Crippen molar-refractivity contribution in [3.05, 3.63) is 53.0 Å². The van der Waals surface area contributed by atoms with Gasteiger partial charge in [-0.05, 0) is 50.3 Å². The minimum atomic E-state index is -0.0369. The molecule has 0 saturated carbocycles. The van der Waals surface area contributed by atoms with Crippen LogP contribution in [0.25, 0.3) is 11.4 Å². The molecule has 0 aliphatic rings. The summed E-state index contributed by atoms with van der Waals surface area (Å²) in [5.74, 6) is 2.49. The van der Waals surface area contributed by atoms with Crippen LogP contribution in [0.4, 0.5) is 0 Å². The van der Waals surface area contributed by atoms with E-state index in [-0.39, 0.29) is 6.04 Å². The van der Waals surface area contributed by atoms with Gasteiger partial charge in [0.25, 0.3) is 0 Å². The summed E-state index contributed by atoms with van der Waals surface area (Å²) in [5.41, 5.74) is 0.912. The van der Waals surface area contributed by atoms with Crippen molar-refractivity contribution in [2.75, 3.05) is 0 Å². The lowest BCUT2D eigenvalue weighted by Gasteiger charge is -2.13. The van der Waals surface area contributed by atoms with Gasteiger partial charge in [0.2, 0.25) is 0 Å². The van der Waals surface area contributed by atoms with Gasteiger partial charge in [-0.2, -0.15) is 5.10 Å². The second-order valence-electron chi connectivity index (χ2n) is 4.59. The highest BCUT2D eigenvalue weighted by atomic mass is 32.1. The quantitative estimate of drug-likeness (QED) is 0.748. The monoisotopic (exact) mass is 286 g/mol. The summed E-state index contributed by atoms with van der Waals surface area (Å²) in [5, 5.41) is 7.14. The van der Waals surface area contributed by atoms with Gasteiger partial charge in [-0.1, -0.05) is 0 Å². The number of H-pyrrole nitrogens is 1. The van der Waals surface area contributed by atoms with E-state index in [1.807, 2.05) is 42.7 Å². The Morgan fingerprint density at radius 2 is 2.20 bits per heavy atom. The van der Waals surface area contributed by atoms with Crippen molar-refractivity contribution in [2.24, 2.45) is 0 Å². The lowest BCUT2D eigenvalue weighted by atomic mass is 10.2. The predicted molar refractivity (Wildman–Crippen MR) is 77.9 cm³/mol. The zero-order chi connectivity index (χ0) is 14.1. The summed E-state index contributed by atoms with van der Waals surface area (Å²) in [6, 6.07) is 7.69. The van der Waals surface area contributed by atoms with Crippen LogP contribution in [0.5, 0.6) is 0 Å². The SMILES string of the molecule is Cc1ccc(C(C)n2c(-c3cccnc3)n[nH]c2=S)o1. The van der Waals surface area contributed by atoms with Gasteiger partial charge in [-0.15, -0.1) is 0 Å². The number of hydrogen-bond donors (Lipinski definition) is 1. The van der Waals surface area contributed by atoms with Crippen LogP contribution < -0.4 is 0 Å². The molecule has 0 amide bonds. The van der Waals surface area contributed by atoms with E-state index in [1.165, 1.54) is 0 Å². The summed E-state index contributed by atoms with van der Waals surface area (Å²) < 4.78 is 8.19. The topological polar surface area (TPSA) is 59.6 Å². The highest BCUT2D eigenvalue weighted by Gasteiger charge is 2.18. The average Bonchev–Trinajstić information content (AvgIpc) is 3.05. The molecule has 3 aromatic heterocycles. The Morgan fingerprint density at radius 1 is 1.35 bits per heavy atom. The van der Waals surface area contributed by atoms with Crippen LogP contribution in [-0.2, 0) is 0 Å². The Labute approximate surface area is 121 Å². The average molecular weight is 286 g/mol. The summed E-state index contributed by atoms with van der Waals surface area (Å²) in [6.07, 6.45) is 3.50. The van der Waals surface area contributed by atoms with Gasteiger partial charge in [0, 0.05) is 18.0 Å². The molecule has 0 radical (unpaired) electrons. The lowest BCUT2D eigenvalue weighted by Crippen LogP contribution is -2.08. The number of nitrogens with zero attached hydrogens (tertiary/aromatic N) is 3. The zero-order valence-electron chi connectivity index (χ0n) is 11.2. The first kappa shape index (κ1) is 12.8. The third kappa shape index (κ3) is 2.18. The first-order chi connectivity index (χ1) is 9.66. The number of rotatable bonds is 3. The molecule has 1 atom stereocenters. The fourth-order valence-corrected chi connectivity index (χ4v) is 2.46. The van der Waals surface area contributed by atoms with Crippen LogP contribution in [0.3, 0.4) is 0 Å². The fourth-order valence-electron chi connectivity index (χ4n) is 2.17. The highest BCUT2D eigenvalue weighted by Crippen LogP contribution is 2.26. The van der Waals surface area contributed by atoms with Gasteiger partial charge in [0.1, 0.15) is 11.5 Å². The van der Waals surface area contributed by atoms with Gasteiger partial charge in [0.15, 0.2) is 10.6 Å². The summed E-state index contributed by atoms with van der Waals surface area (Å²) in [4.78, 5) is 4.12. The maximum Gasteiger partial charge on any atom is 0.196 e. The van der Waals surface area contributed by atoms with Crippen LogP contribution >= 0.6 is 12.2 Å². The van der Waals surface area contributed by atoms with E-state index in [2.05, 4.69) is 15.2 Å². The fraction of sp³-hybridized carbons (Fsp3) is 0.214. The summed E-state index contributed by atoms with van der Waals surface area (Å²) in [6.45, 7) is 3.95. The molecule has 20 heavy (non-hydrogen) atoms. The second-order valence-corrected chi connectivity index (χ2v) is 4.98. The molecular formula is C14H14N4OS. The molecule has 0 aromatic carbocycles. The lowest BCUT2D eigenvalue weighted by molar-refractivity contribution is 0.428. The van der Waals surface area contributed by atoms with Crippen molar-refractivity contribution >= 4 is 12.2 Å². The largest absolute Gasteiger partial charge is 0.464 e. The van der Waals surface area contributed by atoms with Crippen molar-refractivity contribution in [1.82, 2.24) is 19.7 Å². The smallest absolute Gasteiger partial charge is 0.196 e. The molecule has 3 heterocycles. The van der Waals surface area contributed by atoms with Crippen molar-refractivity contribution in [3.8, 4) is 11.4 Å². The maximum absolute atomic E-state index is 5.69. The summed E-state index contributed by atoms with van der Waals surface area (Å²) >= 11 is 5.34. The molecule has 0 spiro atoms. The number of aromatic nitrogens is 4. The van der Waals surface area contributed by atoms with Crippen molar-refractivity contribution in [2.45, 2.75) is 19.9 Å². The zero-order valence-corrected chi connectivity index (χ0v) is 12.0. The molecule has 102 valence electrons. The minimum Gasteiger partial charge on any atom is -0.464 e. The van der Waals surface area contributed by atoms with Crippen molar-refractivity contribution in [1.29, 1.82) is 0 Å². The van der Waals surface area contributed by atoms with E-state index < -0.39 is 0 Å². The minimum absolute atomic E-state index is 0.0369. The van der Waals surface area contributed by atoms with Gasteiger partial charge in [0.05, 0.1) is 6.04 Å². The Bertz CT molecular complexity index is 772. The second kappa shape index (κ2) is 5.05. The van der Waals surface area contributed by atoms with Gasteiger partial charge < -0.3 is 4.42 Å². The Balaban J connectivity index is 2.10. The van der Waals surface area contributed by atoms with Gasteiger partial charge in [-0.25, -0.2) is 0 Å². The molecular weight excluding hydrogens is 272 g/mol. The van der Waals surface area contributed by atoms with E-state index in [4.69, 9.17) is 16.6 Å². The number of pyridine rings is 1. The Kier molecular flexibility index (Phi) is 3.23. The first-order valence-electron chi connectivity index (χ1n) is 6.30. The van der Waals surface area contributed by atoms with Crippen LogP contribution in [0.15, 0.2) is 41.1 Å². The molecule has 0 aliphatic heterocycles. The van der Waals surface area contributed by atoms with Crippen molar-refractivity contribution in [3.63, 3.8) is 0 Å². The molecule has 0 bridgehead atoms. The third-order valence-electron chi connectivity index (χ3n) is 3.18. The number of aryl methyl sites for hydroxylation is 1. The van der Waals surface area contributed by atoms with Crippen LogP contribution in [0.1, 0.15) is 24.5 Å². The molecule has 0 fully saturated rings.